The normalized spacial score (nSPS) is 11.9. The first-order chi connectivity index (χ1) is 5.29. The number of benzene rings is 1. The molecular formula is C8H5BrS. The maximum atomic E-state index is 7.63. The fourth-order valence-electron chi connectivity index (χ4n) is 0.887. The Balaban J connectivity index is 2.92. The second kappa shape index (κ2) is 2.36. The molecule has 0 spiro atoms. The molecule has 2 aromatic rings. The van der Waals surface area contributed by atoms with Crippen LogP contribution < -0.4 is 0 Å². The number of rotatable bonds is 0. The van der Waals surface area contributed by atoms with Crippen LogP contribution in [0.5, 0.6) is 0 Å². The minimum atomic E-state index is 0.602. The van der Waals surface area contributed by atoms with Crippen molar-refractivity contribution in [2.75, 3.05) is 0 Å². The van der Waals surface area contributed by atoms with E-state index in [1.165, 1.54) is 4.70 Å². The topological polar surface area (TPSA) is 0 Å². The first kappa shape index (κ1) is 5.33. The molecule has 0 nitrogen and oxygen atoms in total. The van der Waals surface area contributed by atoms with Gasteiger partial charge >= 0.3 is 0 Å². The van der Waals surface area contributed by atoms with E-state index in [-0.39, 0.29) is 0 Å². The van der Waals surface area contributed by atoms with Gasteiger partial charge in [0, 0.05) is 4.70 Å². The van der Waals surface area contributed by atoms with Gasteiger partial charge in [-0.2, -0.15) is 0 Å². The summed E-state index contributed by atoms with van der Waals surface area (Å²) in [6.45, 7) is 0. The van der Waals surface area contributed by atoms with Crippen molar-refractivity contribution >= 4 is 37.4 Å². The molecule has 2 rings (SSSR count). The highest BCUT2D eigenvalue weighted by Gasteiger charge is 1.95. The molecule has 0 bridgehead atoms. The molecule has 0 N–H and O–H groups in total. The third kappa shape index (κ3) is 0.976. The molecule has 1 heterocycles. The van der Waals surface area contributed by atoms with Crippen molar-refractivity contribution in [3.8, 4) is 0 Å². The van der Waals surface area contributed by atoms with Gasteiger partial charge in [0.25, 0.3) is 0 Å². The zero-order valence-electron chi connectivity index (χ0n) is 6.10. The molecule has 0 aliphatic rings. The Bertz CT molecular complexity index is 394. The van der Waals surface area contributed by atoms with Crippen LogP contribution >= 0.6 is 27.3 Å². The Labute approximate surface area is 73.0 Å². The van der Waals surface area contributed by atoms with E-state index in [0.717, 1.165) is 9.17 Å². The van der Waals surface area contributed by atoms with Gasteiger partial charge in [-0.15, -0.1) is 11.3 Å². The van der Waals surface area contributed by atoms with Crippen molar-refractivity contribution in [1.29, 1.82) is 0 Å². The first-order valence-corrected chi connectivity index (χ1v) is 4.53. The van der Waals surface area contributed by atoms with Crippen molar-refractivity contribution in [1.82, 2.24) is 0 Å². The van der Waals surface area contributed by atoms with Crippen molar-refractivity contribution in [2.24, 2.45) is 0 Å². The van der Waals surface area contributed by atoms with Gasteiger partial charge in [-0.25, -0.2) is 0 Å². The Morgan fingerprint density at radius 1 is 1.40 bits per heavy atom. The second-order valence-electron chi connectivity index (χ2n) is 2.00. The fourth-order valence-corrected chi connectivity index (χ4v) is 2.35. The minimum absolute atomic E-state index is 0.602. The van der Waals surface area contributed by atoms with Crippen molar-refractivity contribution in [3.63, 3.8) is 0 Å². The van der Waals surface area contributed by atoms with Crippen LogP contribution in [0.15, 0.2) is 34.1 Å². The van der Waals surface area contributed by atoms with Crippen LogP contribution in [-0.2, 0) is 0 Å². The Morgan fingerprint density at radius 2 is 2.20 bits per heavy atom. The van der Waals surface area contributed by atoms with Gasteiger partial charge in [0.05, 0.1) is 5.16 Å². The maximum Gasteiger partial charge on any atom is 0.0711 e. The Kier molecular flexibility index (Phi) is 1.26. The summed E-state index contributed by atoms with van der Waals surface area (Å²) >= 11 is 4.95. The average Bonchev–Trinajstić information content (AvgIpc) is 2.30. The summed E-state index contributed by atoms with van der Waals surface area (Å²) in [6, 6.07) is 8.55. The molecule has 10 heavy (non-hydrogen) atoms. The summed E-state index contributed by atoms with van der Waals surface area (Å²) in [5, 5.41) is 1.03. The highest BCUT2D eigenvalue weighted by molar-refractivity contribution is 9.11. The number of fused-ring (bicyclic) bond motifs is 1. The Morgan fingerprint density at radius 3 is 3.00 bits per heavy atom. The Hall–Kier alpha value is -0.340. The van der Waals surface area contributed by atoms with Gasteiger partial charge in [0.1, 0.15) is 0 Å². The molecule has 0 atom stereocenters. The van der Waals surface area contributed by atoms with Crippen LogP contribution in [0.25, 0.3) is 10.1 Å². The molecule has 0 fully saturated rings. The highest BCUT2D eigenvalue weighted by atomic mass is 79.9. The van der Waals surface area contributed by atoms with Crippen LogP contribution in [0, 0.1) is 0 Å². The lowest BCUT2D eigenvalue weighted by Crippen LogP contribution is -1.56. The molecular weight excluding hydrogens is 208 g/mol. The molecule has 0 aliphatic carbocycles. The number of hydrogen-bond donors (Lipinski definition) is 0. The van der Waals surface area contributed by atoms with Gasteiger partial charge in [-0.05, 0) is 33.4 Å². The summed E-state index contributed by atoms with van der Waals surface area (Å²) in [4.78, 5) is 0. The minimum Gasteiger partial charge on any atom is -0.128 e. The van der Waals surface area contributed by atoms with Crippen molar-refractivity contribution in [3.05, 3.63) is 34.1 Å². The maximum absolute atomic E-state index is 7.63. The molecule has 0 unspecified atom stereocenters. The molecule has 0 saturated heterocycles. The predicted octanol–water partition coefficient (Wildman–Crippen LogP) is 3.66. The summed E-state index contributed by atoms with van der Waals surface area (Å²) < 4.78 is 9.72. The van der Waals surface area contributed by atoms with Crippen LogP contribution in [0.3, 0.4) is 0 Å². The van der Waals surface area contributed by atoms with E-state index in [4.69, 9.17) is 1.37 Å². The van der Waals surface area contributed by atoms with E-state index in [0.29, 0.717) is 6.04 Å². The summed E-state index contributed by atoms with van der Waals surface area (Å²) in [5.74, 6) is 0. The lowest BCUT2D eigenvalue weighted by Gasteiger charge is -1.82. The third-order valence-electron chi connectivity index (χ3n) is 1.32. The zero-order valence-corrected chi connectivity index (χ0v) is 7.50. The van der Waals surface area contributed by atoms with Gasteiger partial charge in [-0.1, -0.05) is 18.2 Å². The van der Waals surface area contributed by atoms with Crippen LogP contribution in [0.1, 0.15) is 1.37 Å². The van der Waals surface area contributed by atoms with E-state index in [1.807, 2.05) is 24.3 Å². The van der Waals surface area contributed by atoms with E-state index < -0.39 is 0 Å². The molecule has 0 aliphatic heterocycles. The van der Waals surface area contributed by atoms with Crippen molar-refractivity contribution < 1.29 is 1.37 Å². The van der Waals surface area contributed by atoms with E-state index >= 15 is 0 Å². The third-order valence-corrected chi connectivity index (χ3v) is 2.86. The molecule has 0 amide bonds. The summed E-state index contributed by atoms with van der Waals surface area (Å²) in [7, 11) is 0. The smallest absolute Gasteiger partial charge is 0.0711 e. The largest absolute Gasteiger partial charge is 0.128 e. The molecule has 1 aromatic carbocycles. The second-order valence-corrected chi connectivity index (χ2v) is 4.37. The highest BCUT2D eigenvalue weighted by Crippen LogP contribution is 2.28. The first-order valence-electron chi connectivity index (χ1n) is 3.42. The number of thiophene rings is 1. The standard InChI is InChI=1S/C8H5BrS/c9-8-5-6-3-1-2-4-7(6)10-8/h1-5H/i5D. The molecule has 50 valence electrons. The summed E-state index contributed by atoms with van der Waals surface area (Å²) in [5.41, 5.74) is 0. The van der Waals surface area contributed by atoms with Gasteiger partial charge < -0.3 is 0 Å². The predicted molar refractivity (Wildman–Crippen MR) is 49.5 cm³/mol. The van der Waals surface area contributed by atoms with E-state index in [2.05, 4.69) is 15.9 Å². The summed E-state index contributed by atoms with van der Waals surface area (Å²) in [6.07, 6.45) is 0. The van der Waals surface area contributed by atoms with E-state index in [9.17, 15) is 0 Å². The van der Waals surface area contributed by atoms with Crippen molar-refractivity contribution in [2.45, 2.75) is 0 Å². The van der Waals surface area contributed by atoms with Crippen LogP contribution in [0.2, 0.25) is 0 Å². The van der Waals surface area contributed by atoms with Gasteiger partial charge in [0.2, 0.25) is 0 Å². The lowest BCUT2D eigenvalue weighted by molar-refractivity contribution is 1.85. The van der Waals surface area contributed by atoms with Crippen LogP contribution in [-0.4, -0.2) is 0 Å². The SMILES string of the molecule is [2H]c1c(Br)sc2ccccc12. The van der Waals surface area contributed by atoms with E-state index in [1.54, 1.807) is 11.3 Å². The fraction of sp³-hybridized carbons (Fsp3) is 0. The zero-order chi connectivity index (χ0) is 7.84. The molecule has 0 radical (unpaired) electrons. The van der Waals surface area contributed by atoms with Crippen LogP contribution in [0.4, 0.5) is 0 Å². The number of halogens is 1. The number of hydrogen-bond acceptors (Lipinski definition) is 1. The molecule has 1 aromatic heterocycles. The molecule has 2 heteroatoms. The van der Waals surface area contributed by atoms with Gasteiger partial charge in [-0.3, -0.25) is 0 Å². The lowest BCUT2D eigenvalue weighted by atomic mass is 10.3. The molecule has 0 saturated carbocycles. The average molecular weight is 214 g/mol. The monoisotopic (exact) mass is 213 g/mol. The van der Waals surface area contributed by atoms with Gasteiger partial charge in [0.15, 0.2) is 0 Å². The quantitative estimate of drug-likeness (QED) is 0.627.